The van der Waals surface area contributed by atoms with Crippen molar-refractivity contribution in [2.24, 2.45) is 22.9 Å². The normalized spacial score (nSPS) is 27.4. The average molecular weight is 456 g/mol. The third-order valence-electron chi connectivity index (χ3n) is 8.18. The minimum Gasteiger partial charge on any atom is -0.295 e. The molecule has 2 heterocycles. The van der Waals surface area contributed by atoms with E-state index in [1.54, 1.807) is 23.0 Å². The Morgan fingerprint density at radius 2 is 1.79 bits per heavy atom. The highest BCUT2D eigenvalue weighted by Gasteiger charge is 2.51. The second-order valence-electron chi connectivity index (χ2n) is 10.5. The van der Waals surface area contributed by atoms with Crippen LogP contribution in [0, 0.1) is 24.7 Å². The number of benzene rings is 1. The van der Waals surface area contributed by atoms with Crippen molar-refractivity contribution in [3.05, 3.63) is 81.5 Å². The van der Waals surface area contributed by atoms with E-state index in [9.17, 15) is 9.59 Å². The fourth-order valence-electron chi connectivity index (χ4n) is 7.04. The van der Waals surface area contributed by atoms with Crippen LogP contribution in [0.25, 0.3) is 5.69 Å². The summed E-state index contributed by atoms with van der Waals surface area (Å²) in [4.78, 5) is 29.1. The summed E-state index contributed by atoms with van der Waals surface area (Å²) >= 11 is 0. The lowest BCUT2D eigenvalue weighted by molar-refractivity contribution is -0.00518. The van der Waals surface area contributed by atoms with Crippen molar-refractivity contribution in [1.82, 2.24) is 20.2 Å². The van der Waals surface area contributed by atoms with Crippen molar-refractivity contribution in [3.8, 4) is 5.69 Å². The quantitative estimate of drug-likeness (QED) is 0.448. The van der Waals surface area contributed by atoms with Gasteiger partial charge >= 0.3 is 0 Å². The molecule has 174 valence electrons. The molecule has 0 spiro atoms. The number of carbonyl (C=O) groups excluding carboxylic acids is 1. The van der Waals surface area contributed by atoms with E-state index in [2.05, 4.69) is 44.9 Å². The summed E-state index contributed by atoms with van der Waals surface area (Å²) in [5, 5.41) is 7.13. The molecule has 0 unspecified atom stereocenters. The SMILES string of the molecule is Cc1[nH]n(-c2ccc(C34CC5CC(CC(C5)C3)C4)cc2)c(=O)c1/C=N/NC(=O)c1cccnc1. The van der Waals surface area contributed by atoms with Crippen molar-refractivity contribution in [3.63, 3.8) is 0 Å². The largest absolute Gasteiger partial charge is 0.295 e. The maximum absolute atomic E-state index is 13.1. The van der Waals surface area contributed by atoms with Gasteiger partial charge in [0, 0.05) is 18.1 Å². The molecule has 2 N–H and O–H groups in total. The van der Waals surface area contributed by atoms with Crippen LogP contribution in [0.1, 0.15) is 65.7 Å². The third-order valence-corrected chi connectivity index (χ3v) is 8.18. The molecule has 4 saturated carbocycles. The molecule has 7 heteroatoms. The number of aromatic nitrogens is 3. The van der Waals surface area contributed by atoms with Gasteiger partial charge in [-0.05, 0) is 98.4 Å². The minimum atomic E-state index is -0.377. The first-order valence-electron chi connectivity index (χ1n) is 12.2. The van der Waals surface area contributed by atoms with Gasteiger partial charge in [0.25, 0.3) is 11.5 Å². The van der Waals surface area contributed by atoms with Crippen LogP contribution in [0.3, 0.4) is 0 Å². The smallest absolute Gasteiger partial charge is 0.280 e. The lowest BCUT2D eigenvalue weighted by atomic mass is 9.48. The standard InChI is InChI=1S/C27H29N5O2/c1-17-24(16-29-30-25(33)21-3-2-8-28-15-21)26(34)32(31-17)23-6-4-22(5-7-23)27-12-18-9-19(13-27)11-20(10-18)14-27/h2-8,15-16,18-20,31H,9-14H2,1H3,(H,30,33)/b29-16+. The van der Waals surface area contributed by atoms with Gasteiger partial charge in [-0.3, -0.25) is 19.7 Å². The van der Waals surface area contributed by atoms with Crippen LogP contribution in [0.15, 0.2) is 58.7 Å². The molecule has 7 rings (SSSR count). The molecule has 4 bridgehead atoms. The Balaban J connectivity index is 1.21. The van der Waals surface area contributed by atoms with Crippen LogP contribution in [0.5, 0.6) is 0 Å². The molecule has 2 aromatic heterocycles. The van der Waals surface area contributed by atoms with Gasteiger partial charge in [0.2, 0.25) is 0 Å². The van der Waals surface area contributed by atoms with E-state index in [1.165, 1.54) is 56.5 Å². The topological polar surface area (TPSA) is 92.1 Å². The van der Waals surface area contributed by atoms with E-state index in [0.717, 1.165) is 23.4 Å². The van der Waals surface area contributed by atoms with Gasteiger partial charge < -0.3 is 0 Å². The first kappa shape index (κ1) is 21.1. The Bertz CT molecular complexity index is 1270. The Hall–Kier alpha value is -3.48. The predicted molar refractivity (Wildman–Crippen MR) is 130 cm³/mol. The van der Waals surface area contributed by atoms with Crippen LogP contribution >= 0.6 is 0 Å². The molecular formula is C27H29N5O2. The highest BCUT2D eigenvalue weighted by atomic mass is 16.2. The number of carbonyl (C=O) groups is 1. The molecule has 1 amide bonds. The van der Waals surface area contributed by atoms with Crippen molar-refractivity contribution in [1.29, 1.82) is 0 Å². The second kappa shape index (κ2) is 8.08. The van der Waals surface area contributed by atoms with E-state index in [-0.39, 0.29) is 11.5 Å². The Kier molecular flexibility index (Phi) is 5.01. The van der Waals surface area contributed by atoms with Gasteiger partial charge in [0.1, 0.15) is 0 Å². The summed E-state index contributed by atoms with van der Waals surface area (Å²) < 4.78 is 1.54. The second-order valence-corrected chi connectivity index (χ2v) is 10.5. The van der Waals surface area contributed by atoms with Crippen molar-refractivity contribution < 1.29 is 4.79 Å². The average Bonchev–Trinajstić information content (AvgIpc) is 3.12. The molecule has 0 aliphatic heterocycles. The van der Waals surface area contributed by atoms with Crippen LogP contribution in [0.4, 0.5) is 0 Å². The summed E-state index contributed by atoms with van der Waals surface area (Å²) in [6, 6.07) is 11.9. The first-order chi connectivity index (χ1) is 16.5. The maximum Gasteiger partial charge on any atom is 0.280 e. The molecule has 1 aromatic carbocycles. The summed E-state index contributed by atoms with van der Waals surface area (Å²) in [7, 11) is 0. The van der Waals surface area contributed by atoms with E-state index >= 15 is 0 Å². The van der Waals surface area contributed by atoms with Gasteiger partial charge in [0.15, 0.2) is 0 Å². The number of H-pyrrole nitrogens is 1. The van der Waals surface area contributed by atoms with Gasteiger partial charge in [-0.25, -0.2) is 10.1 Å². The predicted octanol–water partition coefficient (Wildman–Crippen LogP) is 4.10. The lowest BCUT2D eigenvalue weighted by Crippen LogP contribution is -2.48. The van der Waals surface area contributed by atoms with Crippen molar-refractivity contribution >= 4 is 12.1 Å². The first-order valence-corrected chi connectivity index (χ1v) is 12.2. The van der Waals surface area contributed by atoms with Crippen molar-refractivity contribution in [2.45, 2.75) is 50.9 Å². The summed E-state index contributed by atoms with van der Waals surface area (Å²) in [6.45, 7) is 1.83. The molecule has 4 fully saturated rings. The van der Waals surface area contributed by atoms with Crippen LogP contribution in [0.2, 0.25) is 0 Å². The third kappa shape index (κ3) is 3.59. The lowest BCUT2D eigenvalue weighted by Gasteiger charge is -2.57. The molecule has 34 heavy (non-hydrogen) atoms. The van der Waals surface area contributed by atoms with Crippen LogP contribution < -0.4 is 11.0 Å². The molecule has 0 radical (unpaired) electrons. The summed E-state index contributed by atoms with van der Waals surface area (Å²) in [5.41, 5.74) is 6.35. The van der Waals surface area contributed by atoms with E-state index in [1.807, 2.05) is 6.92 Å². The number of hydrogen-bond acceptors (Lipinski definition) is 4. The van der Waals surface area contributed by atoms with Gasteiger partial charge in [-0.15, -0.1) is 0 Å². The number of pyridine rings is 1. The van der Waals surface area contributed by atoms with Crippen LogP contribution in [-0.2, 0) is 5.41 Å². The fraction of sp³-hybridized carbons (Fsp3) is 0.407. The van der Waals surface area contributed by atoms with E-state index in [4.69, 9.17) is 0 Å². The molecular weight excluding hydrogens is 426 g/mol. The number of aromatic amines is 1. The fourth-order valence-corrected chi connectivity index (χ4v) is 7.04. The number of hydrazone groups is 1. The molecule has 4 aliphatic rings. The number of amides is 1. The Morgan fingerprint density at radius 3 is 2.41 bits per heavy atom. The minimum absolute atomic E-state index is 0.195. The van der Waals surface area contributed by atoms with Gasteiger partial charge in [-0.1, -0.05) is 12.1 Å². The summed E-state index contributed by atoms with van der Waals surface area (Å²) in [6.07, 6.45) is 12.7. The summed E-state index contributed by atoms with van der Waals surface area (Å²) in [5.74, 6) is 2.33. The Labute approximate surface area is 198 Å². The molecule has 3 aromatic rings. The number of nitrogens with one attached hydrogen (secondary N) is 2. The highest BCUT2D eigenvalue weighted by molar-refractivity contribution is 5.94. The molecule has 4 aliphatic carbocycles. The molecule has 0 saturated heterocycles. The van der Waals surface area contributed by atoms with Gasteiger partial charge in [-0.2, -0.15) is 5.10 Å². The van der Waals surface area contributed by atoms with E-state index in [0.29, 0.717) is 22.2 Å². The van der Waals surface area contributed by atoms with E-state index < -0.39 is 0 Å². The molecule has 7 nitrogen and oxygen atoms in total. The highest BCUT2D eigenvalue weighted by Crippen LogP contribution is 2.60. The van der Waals surface area contributed by atoms with Crippen molar-refractivity contribution in [2.75, 3.05) is 0 Å². The monoisotopic (exact) mass is 455 g/mol. The Morgan fingerprint density at radius 1 is 1.12 bits per heavy atom. The zero-order valence-corrected chi connectivity index (χ0v) is 19.3. The number of hydrogen-bond donors (Lipinski definition) is 2. The van der Waals surface area contributed by atoms with Gasteiger partial charge in [0.05, 0.1) is 23.0 Å². The zero-order valence-electron chi connectivity index (χ0n) is 19.3. The maximum atomic E-state index is 13.1. The molecule has 0 atom stereocenters. The number of nitrogens with zero attached hydrogens (tertiary/aromatic N) is 3. The number of aryl methyl sites for hydroxylation is 1. The zero-order chi connectivity index (χ0) is 23.3. The number of rotatable bonds is 5. The van der Waals surface area contributed by atoms with Crippen LogP contribution in [-0.4, -0.2) is 26.9 Å².